The second kappa shape index (κ2) is 7.25. The van der Waals surface area contributed by atoms with Crippen LogP contribution in [0.15, 0.2) is 0 Å². The van der Waals surface area contributed by atoms with Crippen molar-refractivity contribution in [3.8, 4) is 0 Å². The lowest BCUT2D eigenvalue weighted by Gasteiger charge is -2.28. The van der Waals surface area contributed by atoms with Crippen molar-refractivity contribution in [2.75, 3.05) is 6.61 Å². The first kappa shape index (κ1) is 15.9. The lowest BCUT2D eigenvalue weighted by Crippen LogP contribution is -2.33. The molecule has 0 aliphatic carbocycles. The average Bonchev–Trinajstić information content (AvgIpc) is 2.14. The highest BCUT2D eigenvalue weighted by Gasteiger charge is 2.24. The summed E-state index contributed by atoms with van der Waals surface area (Å²) in [6.45, 7) is 12.5. The number of rotatable bonds is 8. The Kier molecular flexibility index (Phi) is 7.20. The summed E-state index contributed by atoms with van der Waals surface area (Å²) in [5.41, 5.74) is -0.303. The van der Waals surface area contributed by atoms with Crippen molar-refractivity contribution in [1.82, 2.24) is 0 Å². The van der Waals surface area contributed by atoms with Crippen molar-refractivity contribution >= 4 is 0 Å². The molecule has 0 radical (unpaired) electrons. The molecule has 0 aromatic heterocycles. The minimum atomic E-state index is -0.667. The summed E-state index contributed by atoms with van der Waals surface area (Å²) in [4.78, 5) is 10.5. The summed E-state index contributed by atoms with van der Waals surface area (Å²) in [6, 6.07) is 0. The third kappa shape index (κ3) is 10.4. The zero-order valence-electron chi connectivity index (χ0n) is 11.8. The van der Waals surface area contributed by atoms with Crippen molar-refractivity contribution in [3.05, 3.63) is 0 Å². The van der Waals surface area contributed by atoms with Gasteiger partial charge in [0.15, 0.2) is 5.79 Å². The monoisotopic (exact) mass is 232 g/mol. The highest BCUT2D eigenvalue weighted by atomic mass is 17.2. The Balaban J connectivity index is 3.62. The van der Waals surface area contributed by atoms with Crippen LogP contribution < -0.4 is 0 Å². The van der Waals surface area contributed by atoms with Gasteiger partial charge in [-0.3, -0.25) is 0 Å². The second-order valence-electron chi connectivity index (χ2n) is 5.59. The third-order valence-electron chi connectivity index (χ3n) is 1.94. The zero-order valence-corrected chi connectivity index (χ0v) is 11.8. The zero-order chi connectivity index (χ0) is 12.7. The second-order valence-corrected chi connectivity index (χ2v) is 5.59. The van der Waals surface area contributed by atoms with Crippen LogP contribution in [-0.2, 0) is 14.5 Å². The molecule has 0 aliphatic heterocycles. The van der Waals surface area contributed by atoms with Crippen LogP contribution in [0.3, 0.4) is 0 Å². The molecule has 0 amide bonds. The SMILES string of the molecule is CCCCCCOC(C)(C)OOC(C)(C)C. The van der Waals surface area contributed by atoms with Crippen molar-refractivity contribution < 1.29 is 14.5 Å². The average molecular weight is 232 g/mol. The highest BCUT2D eigenvalue weighted by molar-refractivity contribution is 4.57. The standard InChI is InChI=1S/C13H28O3/c1-7-8-9-10-11-14-13(5,6)16-15-12(2,3)4/h7-11H2,1-6H3. The summed E-state index contributed by atoms with van der Waals surface area (Å²) in [5.74, 6) is -0.667. The first-order valence-electron chi connectivity index (χ1n) is 6.27. The molecule has 0 unspecified atom stereocenters. The summed E-state index contributed by atoms with van der Waals surface area (Å²) in [5, 5.41) is 0. The molecule has 3 nitrogen and oxygen atoms in total. The Morgan fingerprint density at radius 3 is 1.94 bits per heavy atom. The van der Waals surface area contributed by atoms with E-state index < -0.39 is 5.79 Å². The summed E-state index contributed by atoms with van der Waals surface area (Å²) < 4.78 is 5.62. The highest BCUT2D eigenvalue weighted by Crippen LogP contribution is 2.17. The Morgan fingerprint density at radius 2 is 1.44 bits per heavy atom. The molecule has 98 valence electrons. The molecule has 16 heavy (non-hydrogen) atoms. The number of hydrogen-bond acceptors (Lipinski definition) is 3. The van der Waals surface area contributed by atoms with Gasteiger partial charge in [-0.1, -0.05) is 26.2 Å². The largest absolute Gasteiger partial charge is 0.348 e. The first-order chi connectivity index (χ1) is 7.27. The molecule has 0 aromatic rings. The van der Waals surface area contributed by atoms with Crippen LogP contribution in [0, 0.1) is 0 Å². The molecule has 0 rings (SSSR count). The van der Waals surface area contributed by atoms with Crippen LogP contribution in [0.4, 0.5) is 0 Å². The molecular weight excluding hydrogens is 204 g/mol. The van der Waals surface area contributed by atoms with Gasteiger partial charge in [-0.2, -0.15) is 0 Å². The molecule has 0 aromatic carbocycles. The molecule has 0 fully saturated rings. The van der Waals surface area contributed by atoms with Crippen LogP contribution >= 0.6 is 0 Å². The Morgan fingerprint density at radius 1 is 0.812 bits per heavy atom. The van der Waals surface area contributed by atoms with Gasteiger partial charge in [-0.05, 0) is 41.0 Å². The smallest absolute Gasteiger partial charge is 0.195 e. The fraction of sp³-hybridized carbons (Fsp3) is 1.00. The quantitative estimate of drug-likeness (QED) is 0.273. The predicted octanol–water partition coefficient (Wildman–Crippen LogP) is 4.07. The van der Waals surface area contributed by atoms with Crippen molar-refractivity contribution in [2.45, 2.75) is 78.6 Å². The van der Waals surface area contributed by atoms with E-state index in [2.05, 4.69) is 6.92 Å². The fourth-order valence-electron chi connectivity index (χ4n) is 1.10. The van der Waals surface area contributed by atoms with Crippen LogP contribution in [0.1, 0.15) is 67.2 Å². The van der Waals surface area contributed by atoms with Gasteiger partial charge >= 0.3 is 0 Å². The summed E-state index contributed by atoms with van der Waals surface area (Å²) >= 11 is 0. The predicted molar refractivity (Wildman–Crippen MR) is 66.1 cm³/mol. The Labute approximate surface area is 100 Å². The summed E-state index contributed by atoms with van der Waals surface area (Å²) in [7, 11) is 0. The van der Waals surface area contributed by atoms with Crippen molar-refractivity contribution in [3.63, 3.8) is 0 Å². The lowest BCUT2D eigenvalue weighted by molar-refractivity contribution is -0.449. The molecule has 0 saturated heterocycles. The number of hydrogen-bond donors (Lipinski definition) is 0. The molecule has 0 atom stereocenters. The molecule has 0 spiro atoms. The topological polar surface area (TPSA) is 27.7 Å². The molecule has 0 bridgehead atoms. The van der Waals surface area contributed by atoms with E-state index in [0.717, 1.165) is 13.0 Å². The number of unbranched alkanes of at least 4 members (excludes halogenated alkanes) is 3. The van der Waals surface area contributed by atoms with Gasteiger partial charge in [0.2, 0.25) is 0 Å². The van der Waals surface area contributed by atoms with Crippen LogP contribution in [0.2, 0.25) is 0 Å². The molecule has 0 heterocycles. The van der Waals surface area contributed by atoms with Crippen LogP contribution in [0.5, 0.6) is 0 Å². The van der Waals surface area contributed by atoms with E-state index >= 15 is 0 Å². The van der Waals surface area contributed by atoms with Crippen LogP contribution in [0.25, 0.3) is 0 Å². The van der Waals surface area contributed by atoms with Gasteiger partial charge in [-0.15, -0.1) is 0 Å². The van der Waals surface area contributed by atoms with Gasteiger partial charge in [0.1, 0.15) is 0 Å². The van der Waals surface area contributed by atoms with Gasteiger partial charge in [0.05, 0.1) is 12.2 Å². The molecule has 3 heteroatoms. The number of ether oxygens (including phenoxy) is 1. The molecule has 0 N–H and O–H groups in total. The first-order valence-corrected chi connectivity index (χ1v) is 6.27. The maximum absolute atomic E-state index is 5.62. The van der Waals surface area contributed by atoms with E-state index in [-0.39, 0.29) is 5.60 Å². The van der Waals surface area contributed by atoms with Gasteiger partial charge < -0.3 is 4.74 Å². The van der Waals surface area contributed by atoms with Crippen molar-refractivity contribution in [2.24, 2.45) is 0 Å². The summed E-state index contributed by atoms with van der Waals surface area (Å²) in [6.07, 6.45) is 4.80. The van der Waals surface area contributed by atoms with Gasteiger partial charge in [0.25, 0.3) is 0 Å². The molecule has 0 saturated carbocycles. The van der Waals surface area contributed by atoms with E-state index in [1.807, 2.05) is 34.6 Å². The van der Waals surface area contributed by atoms with Gasteiger partial charge in [-0.25, -0.2) is 9.78 Å². The van der Waals surface area contributed by atoms with E-state index in [9.17, 15) is 0 Å². The van der Waals surface area contributed by atoms with Gasteiger partial charge in [0, 0.05) is 0 Å². The van der Waals surface area contributed by atoms with Crippen LogP contribution in [-0.4, -0.2) is 18.0 Å². The normalized spacial score (nSPS) is 13.1. The third-order valence-corrected chi connectivity index (χ3v) is 1.94. The Bertz CT molecular complexity index is 171. The van der Waals surface area contributed by atoms with E-state index in [1.54, 1.807) is 0 Å². The maximum atomic E-state index is 5.62. The Hall–Kier alpha value is -0.120. The molecular formula is C13H28O3. The minimum absolute atomic E-state index is 0.303. The van der Waals surface area contributed by atoms with Crippen molar-refractivity contribution in [1.29, 1.82) is 0 Å². The fourth-order valence-corrected chi connectivity index (χ4v) is 1.10. The van der Waals surface area contributed by atoms with E-state index in [1.165, 1.54) is 19.3 Å². The minimum Gasteiger partial charge on any atom is -0.348 e. The van der Waals surface area contributed by atoms with E-state index in [0.29, 0.717) is 0 Å². The molecule has 0 aliphatic rings. The maximum Gasteiger partial charge on any atom is 0.195 e. The lowest BCUT2D eigenvalue weighted by atomic mass is 10.2. The van der Waals surface area contributed by atoms with E-state index in [4.69, 9.17) is 14.5 Å².